The summed E-state index contributed by atoms with van der Waals surface area (Å²) >= 11 is 0. The summed E-state index contributed by atoms with van der Waals surface area (Å²) in [6, 6.07) is 17.0. The van der Waals surface area contributed by atoms with E-state index < -0.39 is 0 Å². The molecule has 4 rings (SSSR count). The number of ketones is 1. The smallest absolute Gasteiger partial charge is 0.251 e. The Morgan fingerprint density at radius 2 is 1.89 bits per heavy atom. The number of hydrogen-bond donors (Lipinski definition) is 1. The first-order chi connectivity index (χ1) is 13.1. The molecule has 5 nitrogen and oxygen atoms in total. The predicted molar refractivity (Wildman–Crippen MR) is 102 cm³/mol. The summed E-state index contributed by atoms with van der Waals surface area (Å²) in [5.41, 5.74) is 3.90. The van der Waals surface area contributed by atoms with Crippen LogP contribution in [0.5, 0.6) is 0 Å². The van der Waals surface area contributed by atoms with Crippen molar-refractivity contribution in [1.82, 2.24) is 10.5 Å². The third-order valence-corrected chi connectivity index (χ3v) is 4.73. The molecule has 3 aromatic rings. The summed E-state index contributed by atoms with van der Waals surface area (Å²) in [5, 5.41) is 6.97. The maximum Gasteiger partial charge on any atom is 0.251 e. The van der Waals surface area contributed by atoms with Crippen molar-refractivity contribution in [2.75, 3.05) is 0 Å². The molecular weight excluding hydrogens is 340 g/mol. The van der Waals surface area contributed by atoms with Crippen LogP contribution in [-0.2, 0) is 6.42 Å². The van der Waals surface area contributed by atoms with Crippen molar-refractivity contribution < 1.29 is 14.1 Å². The molecule has 1 aliphatic rings. The molecule has 1 saturated carbocycles. The zero-order valence-corrected chi connectivity index (χ0v) is 15.1. The summed E-state index contributed by atoms with van der Waals surface area (Å²) in [6.45, 7) is 1.93. The van der Waals surface area contributed by atoms with E-state index in [1.165, 1.54) is 0 Å². The first-order valence-electron chi connectivity index (χ1n) is 9.06. The summed E-state index contributed by atoms with van der Waals surface area (Å²) in [6.07, 6.45) is 2.25. The average molecular weight is 360 g/mol. The zero-order valence-electron chi connectivity index (χ0n) is 15.1. The number of nitrogens with zero attached hydrogens (tertiary/aromatic N) is 1. The van der Waals surface area contributed by atoms with E-state index in [-0.39, 0.29) is 23.9 Å². The molecule has 0 aliphatic heterocycles. The van der Waals surface area contributed by atoms with Crippen LogP contribution in [0.15, 0.2) is 59.1 Å². The highest BCUT2D eigenvalue weighted by molar-refractivity contribution is 5.97. The van der Waals surface area contributed by atoms with Gasteiger partial charge in [-0.3, -0.25) is 9.59 Å². The second-order valence-corrected chi connectivity index (χ2v) is 6.93. The first kappa shape index (κ1) is 17.2. The molecule has 0 unspecified atom stereocenters. The molecule has 2 aromatic carbocycles. The SMILES string of the molecule is Cc1ccc(C(=O)NC2CC2)cc1CC(=O)c1cc(-c2ccccc2)no1. The molecule has 1 heterocycles. The number of hydrogen-bond acceptors (Lipinski definition) is 4. The second-order valence-electron chi connectivity index (χ2n) is 6.93. The van der Waals surface area contributed by atoms with Crippen molar-refractivity contribution in [2.24, 2.45) is 0 Å². The Bertz CT molecular complexity index is 988. The highest BCUT2D eigenvalue weighted by atomic mass is 16.5. The minimum absolute atomic E-state index is 0.0859. The fourth-order valence-electron chi connectivity index (χ4n) is 2.91. The third kappa shape index (κ3) is 3.97. The van der Waals surface area contributed by atoms with Gasteiger partial charge in [-0.1, -0.05) is 41.6 Å². The number of carbonyl (C=O) groups excluding carboxylic acids is 2. The topological polar surface area (TPSA) is 72.2 Å². The van der Waals surface area contributed by atoms with Crippen molar-refractivity contribution in [2.45, 2.75) is 32.2 Å². The average Bonchev–Trinajstić information content (AvgIpc) is 3.35. The van der Waals surface area contributed by atoms with Crippen LogP contribution in [0, 0.1) is 6.92 Å². The Balaban J connectivity index is 1.51. The van der Waals surface area contributed by atoms with Crippen molar-refractivity contribution in [3.8, 4) is 11.3 Å². The highest BCUT2D eigenvalue weighted by Crippen LogP contribution is 2.22. The summed E-state index contributed by atoms with van der Waals surface area (Å²) in [7, 11) is 0. The van der Waals surface area contributed by atoms with Crippen LogP contribution in [-0.4, -0.2) is 22.9 Å². The van der Waals surface area contributed by atoms with E-state index in [4.69, 9.17) is 4.52 Å². The van der Waals surface area contributed by atoms with E-state index in [2.05, 4.69) is 10.5 Å². The summed E-state index contributed by atoms with van der Waals surface area (Å²) in [4.78, 5) is 24.9. The van der Waals surface area contributed by atoms with Gasteiger partial charge in [-0.15, -0.1) is 0 Å². The van der Waals surface area contributed by atoms with Gasteiger partial charge in [0, 0.05) is 29.7 Å². The second kappa shape index (κ2) is 7.19. The number of Topliss-reactive ketones (excluding diaryl/α,β-unsaturated/α-hetero) is 1. The van der Waals surface area contributed by atoms with Gasteiger partial charge in [0.05, 0.1) is 0 Å². The molecule has 0 saturated heterocycles. The number of aromatic nitrogens is 1. The maximum absolute atomic E-state index is 12.6. The number of nitrogens with one attached hydrogen (secondary N) is 1. The molecule has 27 heavy (non-hydrogen) atoms. The van der Waals surface area contributed by atoms with Crippen molar-refractivity contribution in [1.29, 1.82) is 0 Å². The van der Waals surface area contributed by atoms with E-state index >= 15 is 0 Å². The van der Waals surface area contributed by atoms with Crippen LogP contribution >= 0.6 is 0 Å². The first-order valence-corrected chi connectivity index (χ1v) is 9.06. The van der Waals surface area contributed by atoms with Crippen LogP contribution < -0.4 is 5.32 Å². The Morgan fingerprint density at radius 3 is 2.63 bits per heavy atom. The van der Waals surface area contributed by atoms with Gasteiger partial charge in [-0.2, -0.15) is 0 Å². The van der Waals surface area contributed by atoms with E-state index in [9.17, 15) is 9.59 Å². The highest BCUT2D eigenvalue weighted by Gasteiger charge is 2.24. The molecule has 0 atom stereocenters. The molecule has 1 aliphatic carbocycles. The molecule has 1 N–H and O–H groups in total. The number of rotatable bonds is 6. The van der Waals surface area contributed by atoms with E-state index in [0.29, 0.717) is 17.3 Å². The quantitative estimate of drug-likeness (QED) is 0.675. The van der Waals surface area contributed by atoms with Crippen LogP contribution in [0.25, 0.3) is 11.3 Å². The lowest BCUT2D eigenvalue weighted by Gasteiger charge is -2.08. The maximum atomic E-state index is 12.6. The van der Waals surface area contributed by atoms with Crippen molar-refractivity contribution in [3.05, 3.63) is 77.0 Å². The normalized spacial score (nSPS) is 13.4. The largest absolute Gasteiger partial charge is 0.352 e. The molecule has 0 radical (unpaired) electrons. The molecule has 136 valence electrons. The van der Waals surface area contributed by atoms with Gasteiger partial charge in [0.1, 0.15) is 5.69 Å². The van der Waals surface area contributed by atoms with Crippen LogP contribution in [0.2, 0.25) is 0 Å². The minimum Gasteiger partial charge on any atom is -0.352 e. The van der Waals surface area contributed by atoms with Crippen LogP contribution in [0.1, 0.15) is 44.9 Å². The van der Waals surface area contributed by atoms with Crippen LogP contribution in [0.3, 0.4) is 0 Å². The lowest BCUT2D eigenvalue weighted by atomic mass is 9.99. The van der Waals surface area contributed by atoms with E-state index in [1.807, 2.05) is 43.3 Å². The molecule has 0 bridgehead atoms. The Kier molecular flexibility index (Phi) is 4.59. The van der Waals surface area contributed by atoms with Gasteiger partial charge >= 0.3 is 0 Å². The van der Waals surface area contributed by atoms with Gasteiger partial charge < -0.3 is 9.84 Å². The minimum atomic E-state index is -0.160. The number of benzene rings is 2. The molecule has 1 aromatic heterocycles. The monoisotopic (exact) mass is 360 g/mol. The van der Waals surface area contributed by atoms with Crippen LogP contribution in [0.4, 0.5) is 0 Å². The molecule has 5 heteroatoms. The lowest BCUT2D eigenvalue weighted by Crippen LogP contribution is -2.25. The molecule has 1 amide bonds. The van der Waals surface area contributed by atoms with Gasteiger partial charge in [0.15, 0.2) is 0 Å². The van der Waals surface area contributed by atoms with Crippen molar-refractivity contribution >= 4 is 11.7 Å². The number of amides is 1. The number of carbonyl (C=O) groups is 2. The van der Waals surface area contributed by atoms with E-state index in [0.717, 1.165) is 29.5 Å². The standard InChI is InChI=1S/C22H20N2O3/c1-14-7-8-16(22(26)23-18-9-10-18)11-17(14)12-20(25)21-13-19(24-27-21)15-5-3-2-4-6-15/h2-8,11,13,18H,9-10,12H2,1H3,(H,23,26). The lowest BCUT2D eigenvalue weighted by molar-refractivity contribution is 0.0942. The Labute approximate surface area is 157 Å². The fourth-order valence-corrected chi connectivity index (χ4v) is 2.91. The predicted octanol–water partition coefficient (Wildman–Crippen LogP) is 3.97. The van der Waals surface area contributed by atoms with Gasteiger partial charge in [-0.05, 0) is 43.0 Å². The number of aryl methyl sites for hydroxylation is 1. The van der Waals surface area contributed by atoms with Gasteiger partial charge in [-0.25, -0.2) is 0 Å². The Morgan fingerprint density at radius 1 is 1.11 bits per heavy atom. The van der Waals surface area contributed by atoms with E-state index in [1.54, 1.807) is 18.2 Å². The molecular formula is C22H20N2O3. The third-order valence-electron chi connectivity index (χ3n) is 4.73. The molecule has 1 fully saturated rings. The fraction of sp³-hybridized carbons (Fsp3) is 0.227. The molecule has 0 spiro atoms. The van der Waals surface area contributed by atoms with Gasteiger partial charge in [0.2, 0.25) is 11.5 Å². The van der Waals surface area contributed by atoms with Gasteiger partial charge in [0.25, 0.3) is 5.91 Å². The van der Waals surface area contributed by atoms with Crippen molar-refractivity contribution in [3.63, 3.8) is 0 Å². The zero-order chi connectivity index (χ0) is 18.8. The Hall–Kier alpha value is -3.21. The summed E-state index contributed by atoms with van der Waals surface area (Å²) in [5.74, 6) is -0.0224. The summed E-state index contributed by atoms with van der Waals surface area (Å²) < 4.78 is 5.25.